The van der Waals surface area contributed by atoms with Gasteiger partial charge in [0.15, 0.2) is 0 Å². The van der Waals surface area contributed by atoms with E-state index in [1.807, 2.05) is 0 Å². The molecule has 1 aliphatic rings. The van der Waals surface area contributed by atoms with Crippen molar-refractivity contribution in [2.45, 2.75) is 45.2 Å². The zero-order chi connectivity index (χ0) is 16.8. The van der Waals surface area contributed by atoms with Gasteiger partial charge < -0.3 is 15.3 Å². The summed E-state index contributed by atoms with van der Waals surface area (Å²) in [6.45, 7) is 6.28. The average Bonchev–Trinajstić information content (AvgIpc) is 2.54. The van der Waals surface area contributed by atoms with Gasteiger partial charge in [0.05, 0.1) is 12.6 Å². The number of halogens is 1. The van der Waals surface area contributed by atoms with Gasteiger partial charge in [-0.15, -0.1) is 0 Å². The second-order valence-electron chi connectivity index (χ2n) is 6.63. The summed E-state index contributed by atoms with van der Waals surface area (Å²) in [5.74, 6) is 0.0302. The van der Waals surface area contributed by atoms with Gasteiger partial charge in [-0.2, -0.15) is 0 Å². The van der Waals surface area contributed by atoms with Crippen molar-refractivity contribution in [1.82, 2.24) is 10.2 Å². The van der Waals surface area contributed by atoms with Crippen LogP contribution >= 0.6 is 0 Å². The fourth-order valence-electron chi connectivity index (χ4n) is 3.12. The van der Waals surface area contributed by atoms with Crippen molar-refractivity contribution >= 4 is 5.91 Å². The molecule has 4 nitrogen and oxygen atoms in total. The topological polar surface area (TPSA) is 52.6 Å². The molecular weight excluding hydrogens is 295 g/mol. The minimum atomic E-state index is -0.473. The van der Waals surface area contributed by atoms with E-state index in [0.717, 1.165) is 31.5 Å². The van der Waals surface area contributed by atoms with E-state index in [1.54, 1.807) is 12.1 Å². The quantitative estimate of drug-likeness (QED) is 0.846. The minimum absolute atomic E-state index is 0.0450. The van der Waals surface area contributed by atoms with Crippen molar-refractivity contribution in [2.75, 3.05) is 19.7 Å². The number of amides is 1. The number of aliphatic hydroxyl groups excluding tert-OH is 1. The van der Waals surface area contributed by atoms with Crippen molar-refractivity contribution in [3.05, 3.63) is 35.6 Å². The van der Waals surface area contributed by atoms with Gasteiger partial charge in [0.2, 0.25) is 5.91 Å². The fourth-order valence-corrected chi connectivity index (χ4v) is 3.12. The molecule has 1 fully saturated rings. The second kappa shape index (κ2) is 8.41. The molecule has 1 heterocycles. The van der Waals surface area contributed by atoms with E-state index in [1.165, 1.54) is 12.1 Å². The smallest absolute Gasteiger partial charge is 0.220 e. The van der Waals surface area contributed by atoms with E-state index in [9.17, 15) is 14.3 Å². The molecular formula is C18H27FN2O2. The van der Waals surface area contributed by atoms with E-state index in [2.05, 4.69) is 24.1 Å². The van der Waals surface area contributed by atoms with Gasteiger partial charge >= 0.3 is 0 Å². The Bertz CT molecular complexity index is 496. The molecule has 1 aromatic rings. The molecule has 1 aromatic carbocycles. The third-order valence-corrected chi connectivity index (χ3v) is 4.64. The lowest BCUT2D eigenvalue weighted by molar-refractivity contribution is -0.123. The van der Waals surface area contributed by atoms with Gasteiger partial charge in [0.1, 0.15) is 5.82 Å². The predicted molar refractivity (Wildman–Crippen MR) is 88.4 cm³/mol. The Hall–Kier alpha value is -1.46. The van der Waals surface area contributed by atoms with Crippen LogP contribution in [0.2, 0.25) is 0 Å². The first kappa shape index (κ1) is 17.9. The Morgan fingerprint density at radius 1 is 1.30 bits per heavy atom. The number of nitrogens with zero attached hydrogens (tertiary/aromatic N) is 1. The van der Waals surface area contributed by atoms with E-state index in [-0.39, 0.29) is 18.3 Å². The number of piperidine rings is 1. The number of benzene rings is 1. The normalized spacial score (nSPS) is 18.1. The zero-order valence-electron chi connectivity index (χ0n) is 14.0. The highest BCUT2D eigenvalue weighted by atomic mass is 19.1. The summed E-state index contributed by atoms with van der Waals surface area (Å²) in [5, 5.41) is 12.3. The summed E-state index contributed by atoms with van der Waals surface area (Å²) in [6, 6.07) is 5.95. The molecule has 2 rings (SSSR count). The molecule has 23 heavy (non-hydrogen) atoms. The maximum atomic E-state index is 13.0. The van der Waals surface area contributed by atoms with E-state index in [4.69, 9.17) is 0 Å². The lowest BCUT2D eigenvalue weighted by Gasteiger charge is -2.34. The summed E-state index contributed by atoms with van der Waals surface area (Å²) in [6.07, 6.45) is 2.56. The maximum absolute atomic E-state index is 13.0. The Kier molecular flexibility index (Phi) is 6.54. The summed E-state index contributed by atoms with van der Waals surface area (Å²) in [7, 11) is 0. The highest BCUT2D eigenvalue weighted by Gasteiger charge is 2.23. The van der Waals surface area contributed by atoms with Gasteiger partial charge in [0.25, 0.3) is 0 Å². The highest BCUT2D eigenvalue weighted by Crippen LogP contribution is 2.22. The molecule has 0 aliphatic carbocycles. The fraction of sp³-hybridized carbons (Fsp3) is 0.611. The number of likely N-dealkylation sites (tertiary alicyclic amines) is 1. The van der Waals surface area contributed by atoms with Crippen LogP contribution in [0, 0.1) is 11.7 Å². The Morgan fingerprint density at radius 3 is 2.43 bits per heavy atom. The molecule has 128 valence electrons. The van der Waals surface area contributed by atoms with Crippen molar-refractivity contribution < 1.29 is 14.3 Å². The van der Waals surface area contributed by atoms with Crippen LogP contribution in [0.15, 0.2) is 24.3 Å². The number of nitrogens with one attached hydrogen (secondary N) is 1. The molecule has 0 unspecified atom stereocenters. The number of aliphatic hydroxyl groups is 1. The molecule has 1 aliphatic heterocycles. The third kappa shape index (κ3) is 5.29. The number of rotatable bonds is 6. The van der Waals surface area contributed by atoms with E-state index in [0.29, 0.717) is 18.4 Å². The Balaban J connectivity index is 1.82. The highest BCUT2D eigenvalue weighted by molar-refractivity contribution is 5.76. The number of hydrogen-bond donors (Lipinski definition) is 2. The minimum Gasteiger partial charge on any atom is -0.394 e. The third-order valence-electron chi connectivity index (χ3n) is 4.64. The van der Waals surface area contributed by atoms with E-state index >= 15 is 0 Å². The Morgan fingerprint density at radius 2 is 1.91 bits per heavy atom. The molecule has 1 amide bonds. The average molecular weight is 322 g/mol. The van der Waals surface area contributed by atoms with Crippen LogP contribution in [-0.4, -0.2) is 41.7 Å². The standard InChI is InChI=1S/C18H27FN2O2/c1-13(2)21-9-7-14(8-10-21)11-18(23)20-17(12-22)15-3-5-16(19)6-4-15/h3-6,13-14,17,22H,7-12H2,1-2H3,(H,20,23)/t17-/m0/s1. The van der Waals surface area contributed by atoms with Gasteiger partial charge in [-0.3, -0.25) is 4.79 Å². The largest absolute Gasteiger partial charge is 0.394 e. The van der Waals surface area contributed by atoms with Crippen molar-refractivity contribution in [1.29, 1.82) is 0 Å². The molecule has 2 N–H and O–H groups in total. The lowest BCUT2D eigenvalue weighted by atomic mass is 9.92. The van der Waals surface area contributed by atoms with Crippen molar-refractivity contribution in [3.8, 4) is 0 Å². The second-order valence-corrected chi connectivity index (χ2v) is 6.63. The van der Waals surface area contributed by atoms with Crippen LogP contribution in [0.3, 0.4) is 0 Å². The number of carbonyl (C=O) groups is 1. The lowest BCUT2D eigenvalue weighted by Crippen LogP contribution is -2.40. The monoisotopic (exact) mass is 322 g/mol. The van der Waals surface area contributed by atoms with Crippen molar-refractivity contribution in [2.24, 2.45) is 5.92 Å². The van der Waals surface area contributed by atoms with E-state index < -0.39 is 6.04 Å². The molecule has 0 radical (unpaired) electrons. The molecule has 1 saturated heterocycles. The van der Waals surface area contributed by atoms with Gasteiger partial charge in [0, 0.05) is 12.5 Å². The first-order chi connectivity index (χ1) is 11.0. The summed E-state index contributed by atoms with van der Waals surface area (Å²) in [5.41, 5.74) is 0.719. The predicted octanol–water partition coefficient (Wildman–Crippen LogP) is 2.49. The Labute approximate surface area is 137 Å². The molecule has 0 saturated carbocycles. The summed E-state index contributed by atoms with van der Waals surface area (Å²) >= 11 is 0. The van der Waals surface area contributed by atoms with Gasteiger partial charge in [-0.1, -0.05) is 12.1 Å². The molecule has 5 heteroatoms. The van der Waals surface area contributed by atoms with Crippen LogP contribution in [0.25, 0.3) is 0 Å². The van der Waals surface area contributed by atoms with Crippen LogP contribution in [0.5, 0.6) is 0 Å². The summed E-state index contributed by atoms with van der Waals surface area (Å²) in [4.78, 5) is 14.7. The first-order valence-corrected chi connectivity index (χ1v) is 8.39. The molecule has 1 atom stereocenters. The van der Waals surface area contributed by atoms with Crippen LogP contribution in [0.1, 0.15) is 44.7 Å². The summed E-state index contributed by atoms with van der Waals surface area (Å²) < 4.78 is 13.0. The van der Waals surface area contributed by atoms with Gasteiger partial charge in [-0.25, -0.2) is 4.39 Å². The maximum Gasteiger partial charge on any atom is 0.220 e. The molecule has 0 bridgehead atoms. The molecule has 0 spiro atoms. The number of carbonyl (C=O) groups excluding carboxylic acids is 1. The first-order valence-electron chi connectivity index (χ1n) is 8.39. The molecule has 0 aromatic heterocycles. The SMILES string of the molecule is CC(C)N1CCC(CC(=O)N[C@@H](CO)c2ccc(F)cc2)CC1. The zero-order valence-corrected chi connectivity index (χ0v) is 14.0. The van der Waals surface area contributed by atoms with Gasteiger partial charge in [-0.05, 0) is 63.4 Å². The van der Waals surface area contributed by atoms with Crippen LogP contribution in [-0.2, 0) is 4.79 Å². The van der Waals surface area contributed by atoms with Crippen molar-refractivity contribution in [3.63, 3.8) is 0 Å². The number of hydrogen-bond acceptors (Lipinski definition) is 3. The van der Waals surface area contributed by atoms with Crippen LogP contribution in [0.4, 0.5) is 4.39 Å². The van der Waals surface area contributed by atoms with Crippen LogP contribution < -0.4 is 5.32 Å².